The van der Waals surface area contributed by atoms with E-state index in [0.717, 1.165) is 0 Å². The predicted molar refractivity (Wildman–Crippen MR) is 96.9 cm³/mol. The quantitative estimate of drug-likeness (QED) is 0.602. The number of aromatic nitrogens is 2. The number of amides is 1. The lowest BCUT2D eigenvalue weighted by molar-refractivity contribution is -0.130. The Morgan fingerprint density at radius 2 is 1.81 bits per heavy atom. The molecule has 1 amide bonds. The Bertz CT molecular complexity index is 679. The van der Waals surface area contributed by atoms with Crippen LogP contribution in [0.2, 0.25) is 0 Å². The maximum Gasteiger partial charge on any atom is 0.227 e. The van der Waals surface area contributed by atoms with Crippen molar-refractivity contribution in [3.8, 4) is 0 Å². The molecule has 10 heteroatoms. The highest BCUT2D eigenvalue weighted by molar-refractivity contribution is 7.89. The minimum Gasteiger partial charge on any atom is -0.343 e. The summed E-state index contributed by atoms with van der Waals surface area (Å²) in [6.07, 6.45) is 0.793. The fraction of sp³-hybridized carbons (Fsp3) is 0.812. The monoisotopic (exact) mass is 387 g/mol. The molecule has 2 heterocycles. The second kappa shape index (κ2) is 9.43. The van der Waals surface area contributed by atoms with Crippen LogP contribution in [0.25, 0.3) is 0 Å². The first-order chi connectivity index (χ1) is 12.4. The Morgan fingerprint density at radius 1 is 1.15 bits per heavy atom. The van der Waals surface area contributed by atoms with E-state index in [1.165, 1.54) is 4.31 Å². The fourth-order valence-corrected chi connectivity index (χ4v) is 4.04. The highest BCUT2D eigenvalue weighted by Crippen LogP contribution is 2.11. The third kappa shape index (κ3) is 5.49. The third-order valence-electron chi connectivity index (χ3n) is 4.63. The van der Waals surface area contributed by atoms with Crippen LogP contribution in [0.3, 0.4) is 0 Å². The summed E-state index contributed by atoms with van der Waals surface area (Å²) in [5.74, 6) is 1.26. The Kier molecular flexibility index (Phi) is 7.54. The maximum absolute atomic E-state index is 12.0. The molecule has 0 spiro atoms. The number of nitrogens with zero attached hydrogens (tertiary/aromatic N) is 5. The van der Waals surface area contributed by atoms with Gasteiger partial charge in [-0.15, -0.1) is 0 Å². The number of rotatable bonds is 9. The molecule has 0 unspecified atom stereocenters. The van der Waals surface area contributed by atoms with E-state index >= 15 is 0 Å². The van der Waals surface area contributed by atoms with Gasteiger partial charge >= 0.3 is 0 Å². The van der Waals surface area contributed by atoms with Gasteiger partial charge in [0.1, 0.15) is 0 Å². The lowest BCUT2D eigenvalue weighted by Crippen LogP contribution is -2.48. The van der Waals surface area contributed by atoms with E-state index < -0.39 is 10.0 Å². The Hall–Kier alpha value is -1.52. The van der Waals surface area contributed by atoms with E-state index in [4.69, 9.17) is 4.52 Å². The van der Waals surface area contributed by atoms with E-state index in [0.29, 0.717) is 70.4 Å². The molecular formula is C16H29N5O4S. The molecule has 26 heavy (non-hydrogen) atoms. The number of hydrogen-bond acceptors (Lipinski definition) is 7. The number of hydrogen-bond donors (Lipinski definition) is 0. The third-order valence-corrected chi connectivity index (χ3v) is 6.52. The van der Waals surface area contributed by atoms with E-state index in [9.17, 15) is 13.2 Å². The van der Waals surface area contributed by atoms with Crippen LogP contribution < -0.4 is 0 Å². The molecular weight excluding hydrogens is 358 g/mol. The number of aryl methyl sites for hydroxylation is 1. The lowest BCUT2D eigenvalue weighted by Gasteiger charge is -2.32. The van der Waals surface area contributed by atoms with Gasteiger partial charge in [-0.3, -0.25) is 9.69 Å². The van der Waals surface area contributed by atoms with Gasteiger partial charge in [-0.25, -0.2) is 8.42 Å². The van der Waals surface area contributed by atoms with Crippen molar-refractivity contribution >= 4 is 15.9 Å². The molecule has 2 rings (SSSR count). The van der Waals surface area contributed by atoms with Gasteiger partial charge in [-0.1, -0.05) is 5.16 Å². The zero-order valence-electron chi connectivity index (χ0n) is 15.8. The van der Waals surface area contributed by atoms with E-state index in [2.05, 4.69) is 15.0 Å². The zero-order valence-corrected chi connectivity index (χ0v) is 16.7. The second-order valence-electron chi connectivity index (χ2n) is 6.25. The molecule has 148 valence electrons. The molecule has 1 fully saturated rings. The summed E-state index contributed by atoms with van der Waals surface area (Å²) in [6.45, 7) is 9.75. The normalized spacial score (nSPS) is 16.7. The van der Waals surface area contributed by atoms with Crippen molar-refractivity contribution in [3.05, 3.63) is 11.7 Å². The Morgan fingerprint density at radius 3 is 2.38 bits per heavy atom. The molecule has 0 N–H and O–H groups in total. The van der Waals surface area contributed by atoms with Crippen molar-refractivity contribution in [2.45, 2.75) is 40.2 Å². The van der Waals surface area contributed by atoms with Crippen LogP contribution in [-0.2, 0) is 27.8 Å². The summed E-state index contributed by atoms with van der Waals surface area (Å²) in [4.78, 5) is 20.2. The molecule has 0 radical (unpaired) electrons. The van der Waals surface area contributed by atoms with Crippen LogP contribution in [0.5, 0.6) is 0 Å². The van der Waals surface area contributed by atoms with Gasteiger partial charge in [0.2, 0.25) is 21.8 Å². The summed E-state index contributed by atoms with van der Waals surface area (Å²) in [5, 5.41) is 3.97. The van der Waals surface area contributed by atoms with Crippen molar-refractivity contribution in [2.75, 3.05) is 45.0 Å². The van der Waals surface area contributed by atoms with Gasteiger partial charge in [-0.2, -0.15) is 9.29 Å². The highest BCUT2D eigenvalue weighted by Gasteiger charge is 2.26. The van der Waals surface area contributed by atoms with Crippen molar-refractivity contribution < 1.29 is 17.7 Å². The number of piperazine rings is 1. The van der Waals surface area contributed by atoms with Crippen LogP contribution in [0.1, 0.15) is 38.9 Å². The topological polar surface area (TPSA) is 99.9 Å². The van der Waals surface area contributed by atoms with Crippen molar-refractivity contribution in [3.63, 3.8) is 0 Å². The largest absolute Gasteiger partial charge is 0.343 e. The van der Waals surface area contributed by atoms with Crippen LogP contribution in [0.4, 0.5) is 0 Å². The standard InChI is InChI=1S/C16H29N5O4S/c1-4-20(5-2)16(22)8-7-15-17-14(18-25-15)13-19-9-11-21(12-10-19)26(23,24)6-3/h4-13H2,1-3H3. The van der Waals surface area contributed by atoms with E-state index in [-0.39, 0.29) is 11.7 Å². The summed E-state index contributed by atoms with van der Waals surface area (Å²) >= 11 is 0. The smallest absolute Gasteiger partial charge is 0.227 e. The molecule has 0 aromatic carbocycles. The second-order valence-corrected chi connectivity index (χ2v) is 8.50. The van der Waals surface area contributed by atoms with Gasteiger partial charge < -0.3 is 9.42 Å². The van der Waals surface area contributed by atoms with Crippen molar-refractivity contribution in [1.82, 2.24) is 24.2 Å². The zero-order chi connectivity index (χ0) is 19.2. The number of carbonyl (C=O) groups excluding carboxylic acids is 1. The Balaban J connectivity index is 1.79. The van der Waals surface area contributed by atoms with E-state index in [1.54, 1.807) is 11.8 Å². The molecule has 0 aliphatic carbocycles. The molecule has 0 saturated carbocycles. The molecule has 1 saturated heterocycles. The fourth-order valence-electron chi connectivity index (χ4n) is 2.95. The average molecular weight is 388 g/mol. The first kappa shape index (κ1) is 20.8. The van der Waals surface area contributed by atoms with E-state index in [1.807, 2.05) is 13.8 Å². The van der Waals surface area contributed by atoms with Gasteiger partial charge in [0.05, 0.1) is 12.3 Å². The molecule has 1 aromatic rings. The average Bonchev–Trinajstić information content (AvgIpc) is 3.09. The summed E-state index contributed by atoms with van der Waals surface area (Å²) in [7, 11) is -3.12. The summed E-state index contributed by atoms with van der Waals surface area (Å²) < 4.78 is 30.5. The van der Waals surface area contributed by atoms with Crippen LogP contribution >= 0.6 is 0 Å². The minimum atomic E-state index is -3.12. The maximum atomic E-state index is 12.0. The van der Waals surface area contributed by atoms with Gasteiger partial charge in [0.25, 0.3) is 0 Å². The molecule has 0 atom stereocenters. The van der Waals surface area contributed by atoms with Crippen LogP contribution in [-0.4, -0.2) is 83.6 Å². The molecule has 1 aliphatic heterocycles. The van der Waals surface area contributed by atoms with Crippen molar-refractivity contribution in [1.29, 1.82) is 0 Å². The minimum absolute atomic E-state index is 0.0861. The number of carbonyl (C=O) groups is 1. The van der Waals surface area contributed by atoms with Crippen LogP contribution in [0, 0.1) is 0 Å². The summed E-state index contributed by atoms with van der Waals surface area (Å²) in [5.41, 5.74) is 0. The SMILES string of the molecule is CCN(CC)C(=O)CCc1nc(CN2CCN(S(=O)(=O)CC)CC2)no1. The summed E-state index contributed by atoms with van der Waals surface area (Å²) in [6, 6.07) is 0. The molecule has 1 aromatic heterocycles. The molecule has 1 aliphatic rings. The van der Waals surface area contributed by atoms with Gasteiger partial charge in [0.15, 0.2) is 5.82 Å². The highest BCUT2D eigenvalue weighted by atomic mass is 32.2. The first-order valence-electron chi connectivity index (χ1n) is 9.19. The lowest BCUT2D eigenvalue weighted by atomic mass is 10.2. The van der Waals surface area contributed by atoms with Crippen LogP contribution in [0.15, 0.2) is 4.52 Å². The predicted octanol–water partition coefficient (Wildman–Crippen LogP) is 0.338. The van der Waals surface area contributed by atoms with Gasteiger partial charge in [-0.05, 0) is 20.8 Å². The first-order valence-corrected chi connectivity index (χ1v) is 10.8. The molecule has 9 nitrogen and oxygen atoms in total. The number of sulfonamides is 1. The van der Waals surface area contributed by atoms with Crippen molar-refractivity contribution in [2.24, 2.45) is 0 Å². The van der Waals surface area contributed by atoms with Gasteiger partial charge in [0, 0.05) is 52.1 Å². The Labute approximate surface area is 155 Å². The molecule has 0 bridgehead atoms.